The average Bonchev–Trinajstić information content (AvgIpc) is 2.71. The minimum absolute atomic E-state index is 0.465. The Kier molecular flexibility index (Phi) is 2.90. The van der Waals surface area contributed by atoms with Gasteiger partial charge in [0, 0.05) is 15.8 Å². The molecule has 1 atom stereocenters. The monoisotopic (exact) mass is 222 g/mol. The number of halogens is 1. The lowest BCUT2D eigenvalue weighted by Crippen LogP contribution is -1.91. The lowest BCUT2D eigenvalue weighted by Gasteiger charge is -2.09. The second-order valence-electron chi connectivity index (χ2n) is 3.29. The van der Waals surface area contributed by atoms with E-state index in [4.69, 9.17) is 11.6 Å². The van der Waals surface area contributed by atoms with Crippen molar-refractivity contribution in [1.82, 2.24) is 0 Å². The van der Waals surface area contributed by atoms with Crippen LogP contribution in [0.5, 0.6) is 0 Å². The van der Waals surface area contributed by atoms with Crippen LogP contribution in [-0.4, -0.2) is 0 Å². The van der Waals surface area contributed by atoms with Crippen molar-refractivity contribution >= 4 is 22.9 Å². The Morgan fingerprint density at radius 2 is 1.86 bits per heavy atom. The van der Waals surface area contributed by atoms with E-state index in [9.17, 15) is 0 Å². The quantitative estimate of drug-likeness (QED) is 0.699. The predicted molar refractivity (Wildman–Crippen MR) is 63.3 cm³/mol. The molecule has 14 heavy (non-hydrogen) atoms. The minimum Gasteiger partial charge on any atom is -0.148 e. The van der Waals surface area contributed by atoms with Crippen LogP contribution in [0.25, 0.3) is 0 Å². The van der Waals surface area contributed by atoms with Gasteiger partial charge < -0.3 is 0 Å². The maximum Gasteiger partial charge on any atom is 0.0406 e. The molecule has 0 aliphatic heterocycles. The average molecular weight is 223 g/mol. The molecule has 2 rings (SSSR count). The Morgan fingerprint density at radius 1 is 1.14 bits per heavy atom. The number of rotatable bonds is 2. The Balaban J connectivity index is 2.28. The molecule has 0 amide bonds. The van der Waals surface area contributed by atoms with E-state index in [0.29, 0.717) is 5.92 Å². The zero-order valence-electron chi connectivity index (χ0n) is 7.91. The van der Waals surface area contributed by atoms with Gasteiger partial charge in [0.15, 0.2) is 0 Å². The van der Waals surface area contributed by atoms with Gasteiger partial charge >= 0.3 is 0 Å². The first-order chi connectivity index (χ1) is 6.77. The first-order valence-electron chi connectivity index (χ1n) is 4.56. The summed E-state index contributed by atoms with van der Waals surface area (Å²) < 4.78 is 0. The van der Waals surface area contributed by atoms with Crippen LogP contribution in [-0.2, 0) is 0 Å². The standard InChI is InChI=1S/C12H11ClS/c1-9(12-3-2-8-14-12)10-4-6-11(13)7-5-10/h2-9H,1H3. The highest BCUT2D eigenvalue weighted by Crippen LogP contribution is 2.28. The van der Waals surface area contributed by atoms with Gasteiger partial charge in [-0.3, -0.25) is 0 Å². The molecule has 0 saturated carbocycles. The van der Waals surface area contributed by atoms with Crippen molar-refractivity contribution in [3.63, 3.8) is 0 Å². The second kappa shape index (κ2) is 4.16. The fourth-order valence-corrected chi connectivity index (χ4v) is 2.39. The lowest BCUT2D eigenvalue weighted by atomic mass is 10.00. The van der Waals surface area contributed by atoms with E-state index in [-0.39, 0.29) is 0 Å². The molecule has 0 aliphatic rings. The highest BCUT2D eigenvalue weighted by atomic mass is 35.5. The zero-order chi connectivity index (χ0) is 9.97. The molecule has 0 radical (unpaired) electrons. The summed E-state index contributed by atoms with van der Waals surface area (Å²) in [7, 11) is 0. The Morgan fingerprint density at radius 3 is 2.43 bits per heavy atom. The molecule has 0 spiro atoms. The van der Waals surface area contributed by atoms with Crippen LogP contribution in [0.15, 0.2) is 41.8 Å². The molecule has 0 bridgehead atoms. The number of benzene rings is 1. The summed E-state index contributed by atoms with van der Waals surface area (Å²) in [6, 6.07) is 12.3. The molecule has 1 aromatic carbocycles. The van der Waals surface area contributed by atoms with Crippen molar-refractivity contribution < 1.29 is 0 Å². The van der Waals surface area contributed by atoms with E-state index in [2.05, 4.69) is 36.6 Å². The highest BCUT2D eigenvalue weighted by molar-refractivity contribution is 7.10. The first kappa shape index (κ1) is 9.75. The summed E-state index contributed by atoms with van der Waals surface area (Å²) in [5.41, 5.74) is 1.32. The fraction of sp³-hybridized carbons (Fsp3) is 0.167. The van der Waals surface area contributed by atoms with Gasteiger partial charge in [-0.15, -0.1) is 11.3 Å². The van der Waals surface area contributed by atoms with Crippen LogP contribution in [0.3, 0.4) is 0 Å². The summed E-state index contributed by atoms with van der Waals surface area (Å²) in [5.74, 6) is 0.465. The number of thiophene rings is 1. The molecule has 2 heteroatoms. The van der Waals surface area contributed by atoms with Gasteiger partial charge in [0.25, 0.3) is 0 Å². The minimum atomic E-state index is 0.465. The summed E-state index contributed by atoms with van der Waals surface area (Å²) in [4.78, 5) is 1.40. The van der Waals surface area contributed by atoms with E-state index in [0.717, 1.165) is 5.02 Å². The number of hydrogen-bond donors (Lipinski definition) is 0. The van der Waals surface area contributed by atoms with Crippen LogP contribution >= 0.6 is 22.9 Å². The summed E-state index contributed by atoms with van der Waals surface area (Å²) in [6.07, 6.45) is 0. The van der Waals surface area contributed by atoms with Crippen molar-refractivity contribution in [2.24, 2.45) is 0 Å². The molecule has 0 aliphatic carbocycles. The van der Waals surface area contributed by atoms with Crippen LogP contribution in [0, 0.1) is 0 Å². The van der Waals surface area contributed by atoms with E-state index >= 15 is 0 Å². The van der Waals surface area contributed by atoms with Gasteiger partial charge in [-0.1, -0.05) is 36.7 Å². The third-order valence-corrected chi connectivity index (χ3v) is 3.65. The van der Waals surface area contributed by atoms with Crippen LogP contribution < -0.4 is 0 Å². The van der Waals surface area contributed by atoms with Crippen molar-refractivity contribution in [3.8, 4) is 0 Å². The molecule has 1 unspecified atom stereocenters. The topological polar surface area (TPSA) is 0 Å². The van der Waals surface area contributed by atoms with Gasteiger partial charge in [0.1, 0.15) is 0 Å². The maximum atomic E-state index is 5.84. The molecular formula is C12H11ClS. The summed E-state index contributed by atoms with van der Waals surface area (Å²) in [6.45, 7) is 2.22. The van der Waals surface area contributed by atoms with Crippen LogP contribution in [0.2, 0.25) is 5.02 Å². The molecule has 1 heterocycles. The van der Waals surface area contributed by atoms with Crippen molar-refractivity contribution in [2.45, 2.75) is 12.8 Å². The lowest BCUT2D eigenvalue weighted by molar-refractivity contribution is 0.948. The first-order valence-corrected chi connectivity index (χ1v) is 5.82. The van der Waals surface area contributed by atoms with Gasteiger partial charge in [0.2, 0.25) is 0 Å². The predicted octanol–water partition coefficient (Wildman–Crippen LogP) is 4.55. The normalized spacial score (nSPS) is 12.7. The maximum absolute atomic E-state index is 5.84. The molecule has 0 saturated heterocycles. The van der Waals surface area contributed by atoms with Crippen LogP contribution in [0.1, 0.15) is 23.3 Å². The highest BCUT2D eigenvalue weighted by Gasteiger charge is 2.08. The van der Waals surface area contributed by atoms with Crippen molar-refractivity contribution in [2.75, 3.05) is 0 Å². The Bertz CT molecular complexity index is 389. The summed E-state index contributed by atoms with van der Waals surface area (Å²) in [5, 5.41) is 2.91. The molecule has 0 fully saturated rings. The van der Waals surface area contributed by atoms with Gasteiger partial charge in [-0.2, -0.15) is 0 Å². The molecule has 72 valence electrons. The molecule has 0 nitrogen and oxygen atoms in total. The third-order valence-electron chi connectivity index (χ3n) is 2.34. The van der Waals surface area contributed by atoms with Crippen molar-refractivity contribution in [3.05, 3.63) is 57.2 Å². The largest absolute Gasteiger partial charge is 0.148 e. The molecule has 0 N–H and O–H groups in total. The molecular weight excluding hydrogens is 212 g/mol. The van der Waals surface area contributed by atoms with E-state index in [1.54, 1.807) is 11.3 Å². The van der Waals surface area contributed by atoms with Gasteiger partial charge in [-0.25, -0.2) is 0 Å². The van der Waals surface area contributed by atoms with E-state index < -0.39 is 0 Å². The van der Waals surface area contributed by atoms with Crippen LogP contribution in [0.4, 0.5) is 0 Å². The summed E-state index contributed by atoms with van der Waals surface area (Å²) >= 11 is 7.64. The molecule has 2 aromatic rings. The Hall–Kier alpha value is -0.790. The second-order valence-corrected chi connectivity index (χ2v) is 4.70. The Labute approximate surface area is 93.2 Å². The number of hydrogen-bond acceptors (Lipinski definition) is 1. The smallest absolute Gasteiger partial charge is 0.0406 e. The molecule has 1 aromatic heterocycles. The SMILES string of the molecule is CC(c1ccc(Cl)cc1)c1cccs1. The van der Waals surface area contributed by atoms with Gasteiger partial charge in [-0.05, 0) is 29.1 Å². The zero-order valence-corrected chi connectivity index (χ0v) is 9.48. The van der Waals surface area contributed by atoms with Gasteiger partial charge in [0.05, 0.1) is 0 Å². The van der Waals surface area contributed by atoms with E-state index in [1.807, 2.05) is 12.1 Å². The fourth-order valence-electron chi connectivity index (χ4n) is 1.45. The third kappa shape index (κ3) is 1.99. The van der Waals surface area contributed by atoms with E-state index in [1.165, 1.54) is 10.4 Å². The van der Waals surface area contributed by atoms with Crippen molar-refractivity contribution in [1.29, 1.82) is 0 Å².